The molecule has 1 aromatic heterocycles. The van der Waals surface area contributed by atoms with Gasteiger partial charge in [0, 0.05) is 23.4 Å². The Morgan fingerprint density at radius 1 is 1.12 bits per heavy atom. The first-order valence-electron chi connectivity index (χ1n) is 9.55. The molecule has 0 unspecified atom stereocenters. The summed E-state index contributed by atoms with van der Waals surface area (Å²) in [5, 5.41) is 0.238. The van der Waals surface area contributed by atoms with Gasteiger partial charge in [-0.25, -0.2) is 18.2 Å². The fourth-order valence-electron chi connectivity index (χ4n) is 3.48. The molecule has 0 radical (unpaired) electrons. The number of hydrogen-bond acceptors (Lipinski definition) is 7. The molecule has 172 valence electrons. The van der Waals surface area contributed by atoms with E-state index in [0.717, 1.165) is 0 Å². The van der Waals surface area contributed by atoms with Crippen LogP contribution in [0.3, 0.4) is 0 Å². The molecule has 33 heavy (non-hydrogen) atoms. The number of carbonyl (C=O) groups excluding carboxylic acids is 1. The summed E-state index contributed by atoms with van der Waals surface area (Å²) in [5.41, 5.74) is 2.73. The molecule has 4 bridgehead atoms. The van der Waals surface area contributed by atoms with Gasteiger partial charge in [-0.05, 0) is 58.2 Å². The molecule has 0 aliphatic carbocycles. The van der Waals surface area contributed by atoms with Crippen molar-refractivity contribution in [2.45, 2.75) is 18.4 Å². The number of fused-ring (bicyclic) bond motifs is 6. The molecule has 0 spiro atoms. The summed E-state index contributed by atoms with van der Waals surface area (Å²) in [5.74, 6) is -0.331. The average Bonchev–Trinajstić information content (AvgIpc) is 2.79. The van der Waals surface area contributed by atoms with Crippen molar-refractivity contribution in [2.75, 3.05) is 18.9 Å². The Morgan fingerprint density at radius 2 is 1.88 bits per heavy atom. The number of hydrogen-bond donors (Lipinski definition) is 1. The zero-order valence-corrected chi connectivity index (χ0v) is 20.9. The van der Waals surface area contributed by atoms with Crippen molar-refractivity contribution in [1.29, 1.82) is 0 Å². The van der Waals surface area contributed by atoms with Crippen LogP contribution in [-0.2, 0) is 21.4 Å². The standard InChI is InChI=1S/C22H18BrClN2O6S/c1-11-4-12-6-17(20(11)24)26-33(28,29)18-7-13(5-16(23)21(18)31-3)22(27)32-10-14-8-19(30-2)25-9-15(12)14/h4-9,26H,10H2,1-3H3. The SMILES string of the molecule is COc1cc2c(cn1)-c1cc(C)c(Cl)c(c1)NS(=O)(=O)c1cc(cc(Br)c1OC)C(=O)OC2. The first-order valence-corrected chi connectivity index (χ1v) is 12.2. The Kier molecular flexibility index (Phi) is 6.26. The molecule has 4 rings (SSSR count). The number of nitrogens with one attached hydrogen (secondary N) is 1. The molecule has 1 aliphatic rings. The van der Waals surface area contributed by atoms with E-state index in [4.69, 9.17) is 25.8 Å². The number of aromatic nitrogens is 1. The lowest BCUT2D eigenvalue weighted by Gasteiger charge is -2.16. The third-order valence-electron chi connectivity index (χ3n) is 5.08. The van der Waals surface area contributed by atoms with Crippen molar-refractivity contribution in [3.8, 4) is 22.8 Å². The molecule has 0 saturated carbocycles. The number of carbonyl (C=O) groups is 1. The topological polar surface area (TPSA) is 104 Å². The first-order chi connectivity index (χ1) is 15.6. The molecule has 1 aliphatic heterocycles. The van der Waals surface area contributed by atoms with Gasteiger partial charge in [0.2, 0.25) is 5.88 Å². The van der Waals surface area contributed by atoms with Gasteiger partial charge in [0.15, 0.2) is 5.75 Å². The zero-order valence-electron chi connectivity index (χ0n) is 17.7. The van der Waals surface area contributed by atoms with Gasteiger partial charge >= 0.3 is 5.97 Å². The van der Waals surface area contributed by atoms with Crippen LogP contribution in [0.1, 0.15) is 21.5 Å². The lowest BCUT2D eigenvalue weighted by atomic mass is 10.00. The number of pyridine rings is 1. The highest BCUT2D eigenvalue weighted by atomic mass is 79.9. The summed E-state index contributed by atoms with van der Waals surface area (Å²) in [6.45, 7) is 1.67. The number of aryl methyl sites for hydroxylation is 1. The summed E-state index contributed by atoms with van der Waals surface area (Å²) >= 11 is 9.74. The van der Waals surface area contributed by atoms with Crippen molar-refractivity contribution in [1.82, 2.24) is 4.98 Å². The third-order valence-corrected chi connectivity index (χ3v) is 7.54. The van der Waals surface area contributed by atoms with Gasteiger partial charge in [-0.1, -0.05) is 11.6 Å². The molecule has 11 heteroatoms. The molecule has 0 saturated heterocycles. The maximum atomic E-state index is 13.4. The Bertz CT molecular complexity index is 1390. The van der Waals surface area contributed by atoms with Crippen molar-refractivity contribution >= 4 is 49.2 Å². The summed E-state index contributed by atoms with van der Waals surface area (Å²) in [6, 6.07) is 7.69. The predicted octanol–water partition coefficient (Wildman–Crippen LogP) is 4.96. The Hall–Kier alpha value is -2.82. The smallest absolute Gasteiger partial charge is 0.338 e. The molecule has 8 nitrogen and oxygen atoms in total. The second-order valence-corrected chi connectivity index (χ2v) is 10.1. The van der Waals surface area contributed by atoms with Crippen molar-refractivity contribution in [3.05, 3.63) is 62.7 Å². The summed E-state index contributed by atoms with van der Waals surface area (Å²) in [6.07, 6.45) is 1.57. The highest BCUT2D eigenvalue weighted by Gasteiger charge is 2.27. The Labute approximate surface area is 204 Å². The third kappa shape index (κ3) is 4.38. The van der Waals surface area contributed by atoms with E-state index in [1.54, 1.807) is 31.3 Å². The summed E-state index contributed by atoms with van der Waals surface area (Å²) < 4.78 is 45.5. The fourth-order valence-corrected chi connectivity index (χ4v) is 5.72. The summed E-state index contributed by atoms with van der Waals surface area (Å²) in [7, 11) is -1.39. The second kappa shape index (κ2) is 8.85. The maximum Gasteiger partial charge on any atom is 0.338 e. The number of ether oxygens (including phenoxy) is 3. The van der Waals surface area contributed by atoms with Crippen LogP contribution in [0.25, 0.3) is 11.1 Å². The van der Waals surface area contributed by atoms with E-state index in [1.165, 1.54) is 26.4 Å². The highest BCUT2D eigenvalue weighted by molar-refractivity contribution is 9.10. The number of benzene rings is 2. The number of cyclic esters (lactones) is 1. The predicted molar refractivity (Wildman–Crippen MR) is 127 cm³/mol. The minimum absolute atomic E-state index is 0.0267. The molecule has 1 N–H and O–H groups in total. The number of sulfonamides is 1. The highest BCUT2D eigenvalue weighted by Crippen LogP contribution is 2.39. The fraction of sp³-hybridized carbons (Fsp3) is 0.182. The van der Waals surface area contributed by atoms with Crippen LogP contribution >= 0.6 is 27.5 Å². The van der Waals surface area contributed by atoms with Gasteiger partial charge in [0.1, 0.15) is 11.5 Å². The van der Waals surface area contributed by atoms with Gasteiger partial charge in [-0.3, -0.25) is 4.72 Å². The van der Waals surface area contributed by atoms with Crippen LogP contribution in [-0.4, -0.2) is 33.6 Å². The normalized spacial score (nSPS) is 14.5. The van der Waals surface area contributed by atoms with Gasteiger partial charge in [-0.2, -0.15) is 0 Å². The molecule has 2 aromatic carbocycles. The molecule has 0 amide bonds. The van der Waals surface area contributed by atoms with Crippen LogP contribution in [0.2, 0.25) is 5.02 Å². The quantitative estimate of drug-likeness (QED) is 0.447. The second-order valence-electron chi connectivity index (χ2n) is 7.21. The van der Waals surface area contributed by atoms with Crippen LogP contribution < -0.4 is 14.2 Å². The number of halogens is 2. The molecule has 3 aromatic rings. The van der Waals surface area contributed by atoms with E-state index in [0.29, 0.717) is 28.1 Å². The van der Waals surface area contributed by atoms with E-state index in [-0.39, 0.29) is 38.0 Å². The lowest BCUT2D eigenvalue weighted by molar-refractivity contribution is 0.0472. The van der Waals surface area contributed by atoms with E-state index < -0.39 is 16.0 Å². The van der Waals surface area contributed by atoms with Gasteiger partial charge in [-0.15, -0.1) is 0 Å². The Balaban J connectivity index is 2.02. The lowest BCUT2D eigenvalue weighted by Crippen LogP contribution is -2.16. The summed E-state index contributed by atoms with van der Waals surface area (Å²) in [4.78, 5) is 16.8. The van der Waals surface area contributed by atoms with Gasteiger partial charge < -0.3 is 14.2 Å². The first kappa shape index (κ1) is 23.3. The minimum Gasteiger partial charge on any atom is -0.494 e. The molecule has 0 fully saturated rings. The minimum atomic E-state index is -4.21. The van der Waals surface area contributed by atoms with E-state index in [2.05, 4.69) is 25.6 Å². The van der Waals surface area contributed by atoms with E-state index in [1.807, 2.05) is 0 Å². The number of nitrogens with zero attached hydrogens (tertiary/aromatic N) is 1. The number of methoxy groups -OCH3 is 2. The van der Waals surface area contributed by atoms with Crippen molar-refractivity contribution in [3.63, 3.8) is 0 Å². The van der Waals surface area contributed by atoms with Crippen LogP contribution in [0.5, 0.6) is 11.6 Å². The molecule has 0 atom stereocenters. The van der Waals surface area contributed by atoms with E-state index >= 15 is 0 Å². The number of anilines is 1. The molecular weight excluding hydrogens is 536 g/mol. The largest absolute Gasteiger partial charge is 0.494 e. The molecular formula is C22H18BrClN2O6S. The Morgan fingerprint density at radius 3 is 2.58 bits per heavy atom. The van der Waals surface area contributed by atoms with Crippen LogP contribution in [0, 0.1) is 6.92 Å². The number of rotatable bonds is 2. The molecule has 2 heterocycles. The monoisotopic (exact) mass is 552 g/mol. The average molecular weight is 554 g/mol. The van der Waals surface area contributed by atoms with Crippen LogP contribution in [0.4, 0.5) is 5.69 Å². The van der Waals surface area contributed by atoms with Gasteiger partial charge in [0.25, 0.3) is 10.0 Å². The number of esters is 1. The maximum absolute atomic E-state index is 13.4. The van der Waals surface area contributed by atoms with Crippen molar-refractivity contribution in [2.24, 2.45) is 0 Å². The zero-order chi connectivity index (χ0) is 23.9. The van der Waals surface area contributed by atoms with Gasteiger partial charge in [0.05, 0.1) is 35.0 Å². The van der Waals surface area contributed by atoms with E-state index in [9.17, 15) is 13.2 Å². The van der Waals surface area contributed by atoms with Crippen LogP contribution in [0.15, 0.2) is 45.9 Å². The van der Waals surface area contributed by atoms with Crippen molar-refractivity contribution < 1.29 is 27.4 Å².